The van der Waals surface area contributed by atoms with E-state index in [-0.39, 0.29) is 17.5 Å². The first-order valence-electron chi connectivity index (χ1n) is 7.18. The fourth-order valence-electron chi connectivity index (χ4n) is 3.05. The Kier molecular flexibility index (Phi) is 4.56. The highest BCUT2D eigenvalue weighted by Crippen LogP contribution is 2.29. The van der Waals surface area contributed by atoms with Crippen LogP contribution in [0.15, 0.2) is 9.31 Å². The molecular formula is C14H24N2O3S. The third kappa shape index (κ3) is 2.92. The zero-order valence-electron chi connectivity index (χ0n) is 12.4. The number of nitrogens with one attached hydrogen (secondary N) is 1. The fourth-order valence-corrected chi connectivity index (χ4v) is 4.89. The second kappa shape index (κ2) is 5.87. The number of nitrogens with two attached hydrogens (primary N) is 1. The van der Waals surface area contributed by atoms with Gasteiger partial charge in [0.15, 0.2) is 0 Å². The summed E-state index contributed by atoms with van der Waals surface area (Å²) in [5, 5.41) is 0. The smallest absolute Gasteiger partial charge is 0.244 e. The highest BCUT2D eigenvalue weighted by Gasteiger charge is 2.31. The molecule has 0 amide bonds. The average molecular weight is 300 g/mol. The van der Waals surface area contributed by atoms with Crippen LogP contribution in [0.4, 0.5) is 0 Å². The third-order valence-electron chi connectivity index (χ3n) is 4.22. The monoisotopic (exact) mass is 300 g/mol. The topological polar surface area (TPSA) is 85.3 Å². The maximum absolute atomic E-state index is 12.6. The molecule has 3 N–H and O–H groups in total. The van der Waals surface area contributed by atoms with Crippen molar-refractivity contribution in [2.75, 3.05) is 0 Å². The van der Waals surface area contributed by atoms with Crippen molar-refractivity contribution in [3.63, 3.8) is 0 Å². The standard InChI is InChI=1S/C14H24N2O3S/c1-9-6-4-5-7-13(9)16-20(17,18)14-11(3)19-10(2)12(14)8-15/h9,13,16H,4-8,15H2,1-3H3. The molecule has 2 unspecified atom stereocenters. The molecule has 1 heterocycles. The Morgan fingerprint density at radius 2 is 1.90 bits per heavy atom. The highest BCUT2D eigenvalue weighted by molar-refractivity contribution is 7.89. The van der Waals surface area contributed by atoms with Gasteiger partial charge in [0.2, 0.25) is 10.0 Å². The lowest BCUT2D eigenvalue weighted by molar-refractivity contribution is 0.310. The molecule has 5 nitrogen and oxygen atoms in total. The molecule has 1 fully saturated rings. The summed E-state index contributed by atoms with van der Waals surface area (Å²) < 4.78 is 33.6. The molecule has 114 valence electrons. The molecule has 1 saturated carbocycles. The first-order valence-corrected chi connectivity index (χ1v) is 8.66. The summed E-state index contributed by atoms with van der Waals surface area (Å²) in [4.78, 5) is 0.232. The Labute approximate surface area is 121 Å². The van der Waals surface area contributed by atoms with Crippen LogP contribution in [0.1, 0.15) is 49.7 Å². The van der Waals surface area contributed by atoms with Gasteiger partial charge in [-0.1, -0.05) is 19.8 Å². The quantitative estimate of drug-likeness (QED) is 0.892. The molecule has 1 aromatic heterocycles. The van der Waals surface area contributed by atoms with E-state index in [1.165, 1.54) is 6.42 Å². The summed E-state index contributed by atoms with van der Waals surface area (Å²) in [5.74, 6) is 1.37. The van der Waals surface area contributed by atoms with E-state index in [2.05, 4.69) is 11.6 Å². The first-order chi connectivity index (χ1) is 9.36. The van der Waals surface area contributed by atoms with Crippen molar-refractivity contribution in [2.24, 2.45) is 11.7 Å². The SMILES string of the molecule is Cc1oc(C)c(S(=O)(=O)NC2CCCCC2C)c1CN. The van der Waals surface area contributed by atoms with Crippen LogP contribution in [0, 0.1) is 19.8 Å². The van der Waals surface area contributed by atoms with Crippen LogP contribution in [-0.4, -0.2) is 14.5 Å². The molecule has 0 spiro atoms. The van der Waals surface area contributed by atoms with E-state index in [9.17, 15) is 8.42 Å². The minimum atomic E-state index is -3.57. The molecule has 0 saturated heterocycles. The molecule has 0 aromatic carbocycles. The van der Waals surface area contributed by atoms with E-state index in [1.54, 1.807) is 13.8 Å². The zero-order chi connectivity index (χ0) is 14.9. The molecule has 2 rings (SSSR count). The van der Waals surface area contributed by atoms with E-state index in [0.29, 0.717) is 23.0 Å². The van der Waals surface area contributed by atoms with Crippen LogP contribution >= 0.6 is 0 Å². The Balaban J connectivity index is 2.31. The van der Waals surface area contributed by atoms with Gasteiger partial charge in [0, 0.05) is 18.2 Å². The van der Waals surface area contributed by atoms with Crippen molar-refractivity contribution in [3.8, 4) is 0 Å². The van der Waals surface area contributed by atoms with E-state index in [0.717, 1.165) is 19.3 Å². The van der Waals surface area contributed by atoms with Gasteiger partial charge in [-0.15, -0.1) is 0 Å². The summed E-state index contributed by atoms with van der Waals surface area (Å²) in [6.45, 7) is 5.69. The summed E-state index contributed by atoms with van der Waals surface area (Å²) in [6, 6.07) is 0.00832. The predicted octanol–water partition coefficient (Wildman–Crippen LogP) is 2.21. The van der Waals surface area contributed by atoms with Crippen molar-refractivity contribution >= 4 is 10.0 Å². The summed E-state index contributed by atoms with van der Waals surface area (Å²) in [6.07, 6.45) is 4.22. The minimum Gasteiger partial charge on any atom is -0.465 e. The van der Waals surface area contributed by atoms with E-state index >= 15 is 0 Å². The van der Waals surface area contributed by atoms with Gasteiger partial charge < -0.3 is 10.2 Å². The van der Waals surface area contributed by atoms with Crippen molar-refractivity contribution < 1.29 is 12.8 Å². The summed E-state index contributed by atoms with van der Waals surface area (Å²) in [5.41, 5.74) is 6.25. The zero-order valence-corrected chi connectivity index (χ0v) is 13.2. The van der Waals surface area contributed by atoms with Crippen molar-refractivity contribution in [1.29, 1.82) is 0 Å². The number of furan rings is 1. The number of hydrogen-bond donors (Lipinski definition) is 2. The number of hydrogen-bond acceptors (Lipinski definition) is 4. The predicted molar refractivity (Wildman–Crippen MR) is 77.8 cm³/mol. The van der Waals surface area contributed by atoms with Crippen molar-refractivity contribution in [3.05, 3.63) is 17.1 Å². The van der Waals surface area contributed by atoms with Crippen LogP contribution in [0.2, 0.25) is 0 Å². The van der Waals surface area contributed by atoms with Gasteiger partial charge in [0.05, 0.1) is 0 Å². The molecular weight excluding hydrogens is 276 g/mol. The lowest BCUT2D eigenvalue weighted by atomic mass is 9.87. The summed E-state index contributed by atoms with van der Waals surface area (Å²) >= 11 is 0. The Bertz CT molecular complexity index is 577. The Hall–Kier alpha value is -0.850. The highest BCUT2D eigenvalue weighted by atomic mass is 32.2. The van der Waals surface area contributed by atoms with E-state index in [1.807, 2.05) is 0 Å². The molecule has 20 heavy (non-hydrogen) atoms. The largest absolute Gasteiger partial charge is 0.465 e. The minimum absolute atomic E-state index is 0.00832. The molecule has 6 heteroatoms. The fraction of sp³-hybridized carbons (Fsp3) is 0.714. The normalized spacial score (nSPS) is 24.0. The van der Waals surface area contributed by atoms with Crippen molar-refractivity contribution in [1.82, 2.24) is 4.72 Å². The second-order valence-corrected chi connectivity index (χ2v) is 7.37. The molecule has 1 aliphatic rings. The van der Waals surface area contributed by atoms with E-state index < -0.39 is 10.0 Å². The van der Waals surface area contributed by atoms with Gasteiger partial charge >= 0.3 is 0 Å². The maximum atomic E-state index is 12.6. The third-order valence-corrected chi connectivity index (χ3v) is 5.90. The van der Waals surface area contributed by atoms with Gasteiger partial charge in [-0.25, -0.2) is 13.1 Å². The van der Waals surface area contributed by atoms with E-state index in [4.69, 9.17) is 10.2 Å². The first kappa shape index (κ1) is 15.5. The van der Waals surface area contributed by atoms with Crippen molar-refractivity contribution in [2.45, 2.75) is 63.9 Å². The Morgan fingerprint density at radius 3 is 2.50 bits per heavy atom. The van der Waals surface area contributed by atoms with Gasteiger partial charge in [-0.3, -0.25) is 0 Å². The maximum Gasteiger partial charge on any atom is 0.244 e. The van der Waals surface area contributed by atoms with Gasteiger partial charge in [0.25, 0.3) is 0 Å². The molecule has 1 aromatic rings. The van der Waals surface area contributed by atoms with Gasteiger partial charge in [-0.2, -0.15) is 0 Å². The number of rotatable bonds is 4. The average Bonchev–Trinajstić information content (AvgIpc) is 2.67. The lowest BCUT2D eigenvalue weighted by Gasteiger charge is -2.29. The van der Waals surface area contributed by atoms with Gasteiger partial charge in [0.1, 0.15) is 16.4 Å². The lowest BCUT2D eigenvalue weighted by Crippen LogP contribution is -2.41. The second-order valence-electron chi connectivity index (χ2n) is 5.72. The molecule has 0 aliphatic heterocycles. The number of aryl methyl sites for hydroxylation is 2. The van der Waals surface area contributed by atoms with Crippen LogP contribution in [-0.2, 0) is 16.6 Å². The van der Waals surface area contributed by atoms with Gasteiger partial charge in [-0.05, 0) is 32.6 Å². The summed E-state index contributed by atoms with van der Waals surface area (Å²) in [7, 11) is -3.57. The van der Waals surface area contributed by atoms with Crippen LogP contribution in [0.5, 0.6) is 0 Å². The molecule has 0 radical (unpaired) electrons. The van der Waals surface area contributed by atoms with Crippen LogP contribution in [0.25, 0.3) is 0 Å². The van der Waals surface area contributed by atoms with Crippen LogP contribution < -0.4 is 10.5 Å². The molecule has 2 atom stereocenters. The number of sulfonamides is 1. The molecule has 0 bridgehead atoms. The molecule has 1 aliphatic carbocycles. The Morgan fingerprint density at radius 1 is 1.25 bits per heavy atom. The van der Waals surface area contributed by atoms with Crippen LogP contribution in [0.3, 0.4) is 0 Å².